The number of rotatable bonds is 7. The molecule has 0 atom stereocenters. The quantitative estimate of drug-likeness (QED) is 0.627. The van der Waals surface area contributed by atoms with E-state index in [2.05, 4.69) is 0 Å². The summed E-state index contributed by atoms with van der Waals surface area (Å²) in [6.45, 7) is 1.27. The summed E-state index contributed by atoms with van der Waals surface area (Å²) in [7, 11) is -3.52. The van der Waals surface area contributed by atoms with Crippen LogP contribution in [0.3, 0.4) is 0 Å². The van der Waals surface area contributed by atoms with Crippen molar-refractivity contribution in [2.45, 2.75) is 11.3 Å². The first kappa shape index (κ1) is 21.5. The van der Waals surface area contributed by atoms with E-state index in [9.17, 15) is 17.6 Å². The normalized spacial score (nSPS) is 15.7. The second-order valence-electron chi connectivity index (χ2n) is 6.57. The van der Waals surface area contributed by atoms with Crippen LogP contribution in [0, 0.1) is 5.82 Å². The number of benzene rings is 2. The summed E-state index contributed by atoms with van der Waals surface area (Å²) < 4.78 is 40.0. The van der Waals surface area contributed by atoms with Gasteiger partial charge in [-0.15, -0.1) is 11.8 Å². The van der Waals surface area contributed by atoms with Gasteiger partial charge in [0.15, 0.2) is 0 Å². The Balaban J connectivity index is 1.46. The molecule has 2 aromatic rings. The Morgan fingerprint density at radius 1 is 1.00 bits per heavy atom. The Morgan fingerprint density at radius 3 is 2.34 bits per heavy atom. The zero-order valence-corrected chi connectivity index (χ0v) is 17.5. The second-order valence-corrected chi connectivity index (χ2v) is 9.52. The second kappa shape index (κ2) is 10.0. The molecule has 0 N–H and O–H groups in total. The Kier molecular flexibility index (Phi) is 7.46. The SMILES string of the molecule is O=C(CCSc1ccccc1F)N1CCN(S(=O)(=O)/C=C/c2ccccc2)CC1. The smallest absolute Gasteiger partial charge is 0.236 e. The molecule has 2 aromatic carbocycles. The van der Waals surface area contributed by atoms with E-state index in [1.807, 2.05) is 30.3 Å². The molecule has 8 heteroatoms. The van der Waals surface area contributed by atoms with Crippen LogP contribution in [0.1, 0.15) is 12.0 Å². The fourth-order valence-corrected chi connectivity index (χ4v) is 5.03. The highest BCUT2D eigenvalue weighted by Gasteiger charge is 2.27. The van der Waals surface area contributed by atoms with Crippen LogP contribution in [0.2, 0.25) is 0 Å². The van der Waals surface area contributed by atoms with Gasteiger partial charge in [0.25, 0.3) is 0 Å². The van der Waals surface area contributed by atoms with Crippen LogP contribution in [-0.2, 0) is 14.8 Å². The predicted molar refractivity (Wildman–Crippen MR) is 114 cm³/mol. The number of carbonyl (C=O) groups is 1. The van der Waals surface area contributed by atoms with Crippen LogP contribution in [0.4, 0.5) is 4.39 Å². The Hall–Kier alpha value is -2.16. The number of thioether (sulfide) groups is 1. The first-order valence-electron chi connectivity index (χ1n) is 9.34. The van der Waals surface area contributed by atoms with Crippen molar-refractivity contribution in [3.63, 3.8) is 0 Å². The zero-order chi connectivity index (χ0) is 20.7. The summed E-state index contributed by atoms with van der Waals surface area (Å²) in [5.74, 6) is 0.163. The third-order valence-corrected chi connectivity index (χ3v) is 7.21. The molecule has 154 valence electrons. The first-order chi connectivity index (χ1) is 14.0. The molecule has 0 saturated carbocycles. The number of hydrogen-bond donors (Lipinski definition) is 0. The van der Waals surface area contributed by atoms with Crippen molar-refractivity contribution in [2.75, 3.05) is 31.9 Å². The van der Waals surface area contributed by atoms with Crippen molar-refractivity contribution in [3.05, 3.63) is 71.4 Å². The van der Waals surface area contributed by atoms with Gasteiger partial charge in [0, 0.05) is 48.7 Å². The monoisotopic (exact) mass is 434 g/mol. The van der Waals surface area contributed by atoms with Crippen LogP contribution < -0.4 is 0 Å². The standard InChI is InChI=1S/C21H23FN2O3S2/c22-19-8-4-5-9-20(19)28-16-10-21(25)23-12-14-24(15-13-23)29(26,27)17-11-18-6-2-1-3-7-18/h1-9,11,17H,10,12-16H2/b17-11+. The highest BCUT2D eigenvalue weighted by atomic mass is 32.2. The molecule has 0 unspecified atom stereocenters. The van der Waals surface area contributed by atoms with Crippen LogP contribution in [0.25, 0.3) is 6.08 Å². The zero-order valence-electron chi connectivity index (χ0n) is 15.9. The minimum absolute atomic E-state index is 0.0364. The Morgan fingerprint density at radius 2 is 1.66 bits per heavy atom. The molecule has 1 aliphatic rings. The van der Waals surface area contributed by atoms with Crippen LogP contribution in [0.5, 0.6) is 0 Å². The summed E-state index contributed by atoms with van der Waals surface area (Å²) in [4.78, 5) is 14.6. The van der Waals surface area contributed by atoms with Gasteiger partial charge in [0.1, 0.15) is 5.82 Å². The molecular formula is C21H23FN2O3S2. The van der Waals surface area contributed by atoms with E-state index in [4.69, 9.17) is 0 Å². The van der Waals surface area contributed by atoms with Crippen molar-refractivity contribution < 1.29 is 17.6 Å². The van der Waals surface area contributed by atoms with Crippen molar-refractivity contribution in [2.24, 2.45) is 0 Å². The van der Waals surface area contributed by atoms with Gasteiger partial charge in [-0.25, -0.2) is 12.8 Å². The van der Waals surface area contributed by atoms with E-state index in [0.29, 0.717) is 30.2 Å². The number of amides is 1. The van der Waals surface area contributed by atoms with Gasteiger partial charge in [-0.3, -0.25) is 4.79 Å². The number of halogens is 1. The molecule has 1 fully saturated rings. The van der Waals surface area contributed by atoms with Crippen molar-refractivity contribution >= 4 is 33.8 Å². The molecule has 1 amide bonds. The van der Waals surface area contributed by atoms with Crippen molar-refractivity contribution in [1.82, 2.24) is 9.21 Å². The molecule has 1 aliphatic heterocycles. The number of nitrogens with zero attached hydrogens (tertiary/aromatic N) is 2. The third kappa shape index (κ3) is 6.16. The maximum atomic E-state index is 13.6. The maximum Gasteiger partial charge on any atom is 0.236 e. The lowest BCUT2D eigenvalue weighted by molar-refractivity contribution is -0.131. The Labute approximate surface area is 175 Å². The molecule has 5 nitrogen and oxygen atoms in total. The van der Waals surface area contributed by atoms with E-state index >= 15 is 0 Å². The third-order valence-electron chi connectivity index (χ3n) is 4.59. The van der Waals surface area contributed by atoms with E-state index in [0.717, 1.165) is 5.56 Å². The predicted octanol–water partition coefficient (Wildman–Crippen LogP) is 3.45. The Bertz CT molecular complexity index is 957. The van der Waals surface area contributed by atoms with Crippen molar-refractivity contribution in [1.29, 1.82) is 0 Å². The molecule has 0 bridgehead atoms. The number of hydrogen-bond acceptors (Lipinski definition) is 4. The fourth-order valence-electron chi connectivity index (χ4n) is 2.97. The van der Waals surface area contributed by atoms with E-state index in [-0.39, 0.29) is 24.8 Å². The lowest BCUT2D eigenvalue weighted by atomic mass is 10.2. The fraction of sp³-hybridized carbons (Fsp3) is 0.286. The number of carbonyl (C=O) groups excluding carboxylic acids is 1. The number of sulfonamides is 1. The van der Waals surface area contributed by atoms with Gasteiger partial charge in [-0.05, 0) is 23.8 Å². The summed E-state index contributed by atoms with van der Waals surface area (Å²) in [6.07, 6.45) is 1.87. The highest BCUT2D eigenvalue weighted by molar-refractivity contribution is 7.99. The minimum atomic E-state index is -3.52. The van der Waals surface area contributed by atoms with E-state index in [1.54, 1.807) is 29.2 Å². The molecule has 0 spiro atoms. The van der Waals surface area contributed by atoms with Gasteiger partial charge in [0.05, 0.1) is 0 Å². The molecule has 3 rings (SSSR count). The van der Waals surface area contributed by atoms with E-state index < -0.39 is 10.0 Å². The lowest BCUT2D eigenvalue weighted by Crippen LogP contribution is -2.50. The molecular weight excluding hydrogens is 411 g/mol. The molecule has 1 saturated heterocycles. The van der Waals surface area contributed by atoms with Crippen LogP contribution in [0.15, 0.2) is 64.9 Å². The molecule has 0 aromatic heterocycles. The molecule has 29 heavy (non-hydrogen) atoms. The highest BCUT2D eigenvalue weighted by Crippen LogP contribution is 2.22. The summed E-state index contributed by atoms with van der Waals surface area (Å²) in [5.41, 5.74) is 0.817. The van der Waals surface area contributed by atoms with E-state index in [1.165, 1.54) is 27.5 Å². The summed E-state index contributed by atoms with van der Waals surface area (Å²) in [5, 5.41) is 1.21. The van der Waals surface area contributed by atoms with Gasteiger partial charge < -0.3 is 4.90 Å². The average molecular weight is 435 g/mol. The van der Waals surface area contributed by atoms with Gasteiger partial charge in [-0.1, -0.05) is 42.5 Å². The summed E-state index contributed by atoms with van der Waals surface area (Å²) >= 11 is 1.31. The first-order valence-corrected chi connectivity index (χ1v) is 11.8. The molecule has 1 heterocycles. The van der Waals surface area contributed by atoms with Crippen LogP contribution in [-0.4, -0.2) is 55.5 Å². The molecule has 0 aliphatic carbocycles. The topological polar surface area (TPSA) is 57.7 Å². The minimum Gasteiger partial charge on any atom is -0.340 e. The summed E-state index contributed by atoms with van der Waals surface area (Å²) in [6, 6.07) is 15.7. The largest absolute Gasteiger partial charge is 0.340 e. The van der Waals surface area contributed by atoms with Gasteiger partial charge >= 0.3 is 0 Å². The molecule has 0 radical (unpaired) electrons. The maximum absolute atomic E-state index is 13.6. The van der Waals surface area contributed by atoms with Gasteiger partial charge in [-0.2, -0.15) is 4.31 Å². The number of piperazine rings is 1. The van der Waals surface area contributed by atoms with Gasteiger partial charge in [0.2, 0.25) is 15.9 Å². The van der Waals surface area contributed by atoms with Crippen LogP contribution >= 0.6 is 11.8 Å². The van der Waals surface area contributed by atoms with Crippen molar-refractivity contribution in [3.8, 4) is 0 Å². The average Bonchev–Trinajstić information content (AvgIpc) is 2.74. The lowest BCUT2D eigenvalue weighted by Gasteiger charge is -2.33.